The summed E-state index contributed by atoms with van der Waals surface area (Å²) in [6, 6.07) is 5.48. The molecule has 0 aliphatic carbocycles. The third kappa shape index (κ3) is 3.66. The van der Waals surface area contributed by atoms with Crippen molar-refractivity contribution in [2.24, 2.45) is 0 Å². The highest BCUT2D eigenvalue weighted by molar-refractivity contribution is 5.75. The summed E-state index contributed by atoms with van der Waals surface area (Å²) in [5.41, 5.74) is 7.35. The molecule has 1 rings (SSSR count). The fraction of sp³-hybridized carbons (Fsp3) is 0.462. The van der Waals surface area contributed by atoms with Gasteiger partial charge in [-0.2, -0.15) is 0 Å². The maximum atomic E-state index is 11.6. The van der Waals surface area contributed by atoms with E-state index in [0.29, 0.717) is 24.5 Å². The molecule has 0 amide bonds. The van der Waals surface area contributed by atoms with E-state index < -0.39 is 6.10 Å². The van der Waals surface area contributed by atoms with Crippen LogP contribution < -0.4 is 10.5 Å². The van der Waals surface area contributed by atoms with E-state index >= 15 is 0 Å². The van der Waals surface area contributed by atoms with E-state index in [4.69, 9.17) is 15.2 Å². The Kier molecular flexibility index (Phi) is 4.82. The molecule has 0 saturated carbocycles. The average Bonchev–Trinajstić information content (AvgIpc) is 2.30. The number of benzene rings is 1. The van der Waals surface area contributed by atoms with Crippen LogP contribution in [0.5, 0.6) is 5.75 Å². The molecule has 1 unspecified atom stereocenters. The van der Waals surface area contributed by atoms with Crippen molar-refractivity contribution in [2.75, 3.05) is 12.3 Å². The maximum Gasteiger partial charge on any atom is 0.347 e. The first-order chi connectivity index (χ1) is 8.08. The minimum Gasteiger partial charge on any atom is -0.477 e. The first-order valence-electron chi connectivity index (χ1n) is 5.77. The molecule has 2 N–H and O–H groups in total. The third-order valence-corrected chi connectivity index (χ3v) is 2.36. The van der Waals surface area contributed by atoms with E-state index in [0.717, 1.165) is 5.56 Å². The predicted octanol–water partition coefficient (Wildman–Crippen LogP) is 2.30. The SMILES string of the molecule is CCOC(=O)C(CC)Oc1cc(C)ccc1N. The van der Waals surface area contributed by atoms with Gasteiger partial charge in [-0.1, -0.05) is 13.0 Å². The largest absolute Gasteiger partial charge is 0.477 e. The fourth-order valence-corrected chi connectivity index (χ4v) is 1.43. The second kappa shape index (κ2) is 6.13. The average molecular weight is 237 g/mol. The highest BCUT2D eigenvalue weighted by Crippen LogP contribution is 2.24. The topological polar surface area (TPSA) is 61.5 Å². The van der Waals surface area contributed by atoms with Crippen molar-refractivity contribution in [3.8, 4) is 5.75 Å². The van der Waals surface area contributed by atoms with Crippen molar-refractivity contribution >= 4 is 11.7 Å². The molecule has 0 radical (unpaired) electrons. The molecular formula is C13H19NO3. The van der Waals surface area contributed by atoms with Gasteiger partial charge in [0.25, 0.3) is 0 Å². The van der Waals surface area contributed by atoms with Crippen LogP contribution >= 0.6 is 0 Å². The molecule has 4 nitrogen and oxygen atoms in total. The zero-order chi connectivity index (χ0) is 12.8. The summed E-state index contributed by atoms with van der Waals surface area (Å²) in [5.74, 6) is 0.181. The Labute approximate surface area is 102 Å². The Balaban J connectivity index is 2.80. The summed E-state index contributed by atoms with van der Waals surface area (Å²) in [6.45, 7) is 5.93. The first kappa shape index (κ1) is 13.4. The number of hydrogen-bond acceptors (Lipinski definition) is 4. The zero-order valence-corrected chi connectivity index (χ0v) is 10.5. The Bertz CT molecular complexity index is 390. The molecule has 1 aromatic rings. The number of aryl methyl sites for hydroxylation is 1. The van der Waals surface area contributed by atoms with Crippen LogP contribution in [0, 0.1) is 6.92 Å². The minimum absolute atomic E-state index is 0.349. The lowest BCUT2D eigenvalue weighted by atomic mass is 10.2. The van der Waals surface area contributed by atoms with Crippen LogP contribution in [0.4, 0.5) is 5.69 Å². The number of hydrogen-bond donors (Lipinski definition) is 1. The fourth-order valence-electron chi connectivity index (χ4n) is 1.43. The van der Waals surface area contributed by atoms with Crippen LogP contribution in [0.2, 0.25) is 0 Å². The van der Waals surface area contributed by atoms with Gasteiger partial charge in [0.05, 0.1) is 12.3 Å². The lowest BCUT2D eigenvalue weighted by Gasteiger charge is -2.17. The molecule has 0 aromatic heterocycles. The molecule has 1 atom stereocenters. The number of esters is 1. The molecule has 4 heteroatoms. The molecule has 0 aliphatic heterocycles. The minimum atomic E-state index is -0.598. The normalized spacial score (nSPS) is 11.9. The van der Waals surface area contributed by atoms with Crippen LogP contribution in [-0.2, 0) is 9.53 Å². The van der Waals surface area contributed by atoms with E-state index in [-0.39, 0.29) is 5.97 Å². The molecular weight excluding hydrogens is 218 g/mol. The summed E-state index contributed by atoms with van der Waals surface area (Å²) in [5, 5.41) is 0. The van der Waals surface area contributed by atoms with Crippen LogP contribution in [-0.4, -0.2) is 18.7 Å². The number of ether oxygens (including phenoxy) is 2. The van der Waals surface area contributed by atoms with Gasteiger partial charge >= 0.3 is 5.97 Å². The van der Waals surface area contributed by atoms with Gasteiger partial charge in [0.1, 0.15) is 5.75 Å². The van der Waals surface area contributed by atoms with Crippen LogP contribution in [0.3, 0.4) is 0 Å². The summed E-state index contributed by atoms with van der Waals surface area (Å²) >= 11 is 0. The number of nitrogens with two attached hydrogens (primary N) is 1. The molecule has 1 aromatic carbocycles. The van der Waals surface area contributed by atoms with Gasteiger partial charge in [0.2, 0.25) is 0 Å². The molecule has 0 saturated heterocycles. The number of anilines is 1. The Morgan fingerprint density at radius 2 is 2.12 bits per heavy atom. The number of rotatable bonds is 5. The van der Waals surface area contributed by atoms with E-state index in [1.165, 1.54) is 0 Å². The van der Waals surface area contributed by atoms with Crippen molar-refractivity contribution in [1.29, 1.82) is 0 Å². The van der Waals surface area contributed by atoms with Gasteiger partial charge in [0, 0.05) is 0 Å². The highest BCUT2D eigenvalue weighted by Gasteiger charge is 2.20. The lowest BCUT2D eigenvalue weighted by molar-refractivity contribution is -0.151. The number of carbonyl (C=O) groups excluding carboxylic acids is 1. The van der Waals surface area contributed by atoms with Crippen molar-refractivity contribution in [1.82, 2.24) is 0 Å². The maximum absolute atomic E-state index is 11.6. The standard InChI is InChI=1S/C13H19NO3/c1-4-11(13(15)16-5-2)17-12-8-9(3)6-7-10(12)14/h6-8,11H,4-5,14H2,1-3H3. The second-order valence-corrected chi connectivity index (χ2v) is 3.81. The molecule has 0 spiro atoms. The van der Waals surface area contributed by atoms with Gasteiger partial charge in [-0.25, -0.2) is 4.79 Å². The summed E-state index contributed by atoms with van der Waals surface area (Å²) in [7, 11) is 0. The quantitative estimate of drug-likeness (QED) is 0.630. The number of carbonyl (C=O) groups is 1. The van der Waals surface area contributed by atoms with Crippen molar-refractivity contribution in [3.63, 3.8) is 0 Å². The van der Waals surface area contributed by atoms with Gasteiger partial charge < -0.3 is 15.2 Å². The van der Waals surface area contributed by atoms with Crippen molar-refractivity contribution < 1.29 is 14.3 Å². The molecule has 94 valence electrons. The smallest absolute Gasteiger partial charge is 0.347 e. The summed E-state index contributed by atoms with van der Waals surface area (Å²) in [4.78, 5) is 11.6. The van der Waals surface area contributed by atoms with Gasteiger partial charge in [-0.05, 0) is 38.0 Å². The van der Waals surface area contributed by atoms with Crippen LogP contribution in [0.15, 0.2) is 18.2 Å². The second-order valence-electron chi connectivity index (χ2n) is 3.81. The summed E-state index contributed by atoms with van der Waals surface area (Å²) < 4.78 is 10.5. The monoisotopic (exact) mass is 237 g/mol. The van der Waals surface area contributed by atoms with Crippen molar-refractivity contribution in [2.45, 2.75) is 33.3 Å². The molecule has 0 heterocycles. The number of nitrogen functional groups attached to an aromatic ring is 1. The van der Waals surface area contributed by atoms with E-state index in [1.54, 1.807) is 13.0 Å². The molecule has 0 bridgehead atoms. The zero-order valence-electron chi connectivity index (χ0n) is 10.5. The Hall–Kier alpha value is -1.71. The Morgan fingerprint density at radius 1 is 1.41 bits per heavy atom. The summed E-state index contributed by atoms with van der Waals surface area (Å²) in [6.07, 6.45) is -0.0503. The highest BCUT2D eigenvalue weighted by atomic mass is 16.6. The van der Waals surface area contributed by atoms with E-state index in [1.807, 2.05) is 26.0 Å². The third-order valence-electron chi connectivity index (χ3n) is 2.36. The van der Waals surface area contributed by atoms with Gasteiger partial charge in [0.15, 0.2) is 6.10 Å². The van der Waals surface area contributed by atoms with Crippen LogP contribution in [0.25, 0.3) is 0 Å². The van der Waals surface area contributed by atoms with E-state index in [2.05, 4.69) is 0 Å². The predicted molar refractivity (Wildman–Crippen MR) is 66.9 cm³/mol. The first-order valence-corrected chi connectivity index (χ1v) is 5.77. The van der Waals surface area contributed by atoms with Gasteiger partial charge in [-0.15, -0.1) is 0 Å². The van der Waals surface area contributed by atoms with Gasteiger partial charge in [-0.3, -0.25) is 0 Å². The molecule has 0 aliphatic rings. The Morgan fingerprint density at radius 3 is 2.71 bits per heavy atom. The van der Waals surface area contributed by atoms with Crippen molar-refractivity contribution in [3.05, 3.63) is 23.8 Å². The molecule has 17 heavy (non-hydrogen) atoms. The molecule has 0 fully saturated rings. The van der Waals surface area contributed by atoms with Crippen LogP contribution in [0.1, 0.15) is 25.8 Å². The lowest BCUT2D eigenvalue weighted by Crippen LogP contribution is -2.29. The van der Waals surface area contributed by atoms with E-state index in [9.17, 15) is 4.79 Å².